The smallest absolute Gasteiger partial charge is 0.306 e. The van der Waals surface area contributed by atoms with Crippen molar-refractivity contribution in [3.05, 3.63) is 0 Å². The maximum Gasteiger partial charge on any atom is 0.306 e. The second kappa shape index (κ2) is 6.86. The molecule has 2 saturated heterocycles. The number of rotatable bonds is 5. The number of carbonyl (C=O) groups is 2. The number of nitrogens with zero attached hydrogens (tertiary/aromatic N) is 1. The van der Waals surface area contributed by atoms with Gasteiger partial charge in [-0.2, -0.15) is 0 Å². The first-order chi connectivity index (χ1) is 9.16. The second-order valence-corrected chi connectivity index (χ2v) is 5.14. The number of piperidine rings is 1. The van der Waals surface area contributed by atoms with Crippen LogP contribution in [0.2, 0.25) is 0 Å². The number of carboxylic acid groups (broad SMARTS) is 1. The highest BCUT2D eigenvalue weighted by molar-refractivity contribution is 5.78. The number of aliphatic carboxylic acids is 1. The Morgan fingerprint density at radius 3 is 2.58 bits per heavy atom. The molecule has 0 aromatic rings. The van der Waals surface area contributed by atoms with Crippen LogP contribution in [0.25, 0.3) is 0 Å². The van der Waals surface area contributed by atoms with E-state index in [2.05, 4.69) is 0 Å². The van der Waals surface area contributed by atoms with Gasteiger partial charge in [0, 0.05) is 19.7 Å². The van der Waals surface area contributed by atoms with Gasteiger partial charge in [-0.1, -0.05) is 0 Å². The zero-order valence-electron chi connectivity index (χ0n) is 11.0. The molecule has 0 radical (unpaired) electrons. The van der Waals surface area contributed by atoms with Gasteiger partial charge in [0.1, 0.15) is 6.61 Å². The van der Waals surface area contributed by atoms with E-state index in [0.717, 1.165) is 19.4 Å². The second-order valence-electron chi connectivity index (χ2n) is 5.14. The Kier molecular flexibility index (Phi) is 5.15. The molecular formula is C13H21NO5. The maximum absolute atomic E-state index is 11.9. The monoisotopic (exact) mass is 271 g/mol. The van der Waals surface area contributed by atoms with Gasteiger partial charge >= 0.3 is 5.97 Å². The van der Waals surface area contributed by atoms with Crippen LogP contribution >= 0.6 is 0 Å². The highest BCUT2D eigenvalue weighted by Gasteiger charge is 2.27. The Bertz CT molecular complexity index is 319. The summed E-state index contributed by atoms with van der Waals surface area (Å²) in [5.41, 5.74) is 0. The van der Waals surface area contributed by atoms with E-state index in [-0.39, 0.29) is 24.5 Å². The third-order valence-corrected chi connectivity index (χ3v) is 3.75. The van der Waals surface area contributed by atoms with Crippen LogP contribution in [-0.2, 0) is 19.1 Å². The first-order valence-electron chi connectivity index (χ1n) is 6.86. The van der Waals surface area contributed by atoms with Crippen LogP contribution in [0.15, 0.2) is 0 Å². The molecule has 2 aliphatic rings. The van der Waals surface area contributed by atoms with Crippen molar-refractivity contribution in [2.75, 3.05) is 32.9 Å². The molecule has 6 nitrogen and oxygen atoms in total. The van der Waals surface area contributed by atoms with Crippen molar-refractivity contribution < 1.29 is 24.2 Å². The molecule has 1 atom stereocenters. The number of carboxylic acids is 1. The van der Waals surface area contributed by atoms with Crippen molar-refractivity contribution in [2.24, 2.45) is 5.92 Å². The van der Waals surface area contributed by atoms with E-state index < -0.39 is 5.97 Å². The van der Waals surface area contributed by atoms with E-state index in [4.69, 9.17) is 14.6 Å². The molecule has 1 N–H and O–H groups in total. The van der Waals surface area contributed by atoms with Crippen LogP contribution in [0.4, 0.5) is 0 Å². The van der Waals surface area contributed by atoms with Gasteiger partial charge in [-0.05, 0) is 25.7 Å². The van der Waals surface area contributed by atoms with Gasteiger partial charge < -0.3 is 19.5 Å². The molecule has 0 aliphatic carbocycles. The number of hydrogen-bond donors (Lipinski definition) is 1. The molecule has 0 aromatic carbocycles. The number of carbonyl (C=O) groups excluding carboxylic acids is 1. The van der Waals surface area contributed by atoms with E-state index in [0.29, 0.717) is 32.5 Å². The Morgan fingerprint density at radius 1 is 1.26 bits per heavy atom. The van der Waals surface area contributed by atoms with Crippen LogP contribution in [0, 0.1) is 5.92 Å². The molecule has 19 heavy (non-hydrogen) atoms. The molecule has 1 unspecified atom stereocenters. The first-order valence-corrected chi connectivity index (χ1v) is 6.86. The maximum atomic E-state index is 11.9. The lowest BCUT2D eigenvalue weighted by molar-refractivity contribution is -0.147. The molecule has 0 saturated carbocycles. The summed E-state index contributed by atoms with van der Waals surface area (Å²) in [5.74, 6) is -1.12. The van der Waals surface area contributed by atoms with Gasteiger partial charge in [-0.25, -0.2) is 0 Å². The van der Waals surface area contributed by atoms with Crippen LogP contribution in [0.5, 0.6) is 0 Å². The summed E-state index contributed by atoms with van der Waals surface area (Å²) >= 11 is 0. The Morgan fingerprint density at radius 2 is 2.00 bits per heavy atom. The fourth-order valence-electron chi connectivity index (χ4n) is 2.52. The van der Waals surface area contributed by atoms with Gasteiger partial charge in [0.25, 0.3) is 0 Å². The highest BCUT2D eigenvalue weighted by atomic mass is 16.5. The summed E-state index contributed by atoms with van der Waals surface area (Å²) in [6.45, 7) is 2.35. The van der Waals surface area contributed by atoms with Crippen molar-refractivity contribution in [1.29, 1.82) is 0 Å². The third-order valence-electron chi connectivity index (χ3n) is 3.75. The van der Waals surface area contributed by atoms with Crippen LogP contribution in [-0.4, -0.2) is 60.9 Å². The lowest BCUT2D eigenvalue weighted by Gasteiger charge is -2.30. The number of likely N-dealkylation sites (tertiary alicyclic amines) is 1. The van der Waals surface area contributed by atoms with Gasteiger partial charge in [-0.15, -0.1) is 0 Å². The molecule has 0 bridgehead atoms. The van der Waals surface area contributed by atoms with Gasteiger partial charge in [0.05, 0.1) is 18.6 Å². The summed E-state index contributed by atoms with van der Waals surface area (Å²) in [6, 6.07) is 0. The van der Waals surface area contributed by atoms with Crippen molar-refractivity contribution >= 4 is 11.9 Å². The lowest BCUT2D eigenvalue weighted by Crippen LogP contribution is -2.42. The van der Waals surface area contributed by atoms with Crippen molar-refractivity contribution in [3.63, 3.8) is 0 Å². The van der Waals surface area contributed by atoms with Crippen LogP contribution in [0.1, 0.15) is 25.7 Å². The van der Waals surface area contributed by atoms with E-state index in [1.807, 2.05) is 0 Å². The summed E-state index contributed by atoms with van der Waals surface area (Å²) in [6.07, 6.45) is 3.26. The Labute approximate surface area is 112 Å². The SMILES string of the molecule is O=C(O)C1CCN(C(=O)COCC2CCCO2)CC1. The molecule has 6 heteroatoms. The molecule has 0 spiro atoms. The van der Waals surface area contributed by atoms with Crippen molar-refractivity contribution in [1.82, 2.24) is 4.90 Å². The molecule has 2 rings (SSSR count). The van der Waals surface area contributed by atoms with Gasteiger partial charge in [0.15, 0.2) is 0 Å². The number of amides is 1. The standard InChI is InChI=1S/C13H21NO5/c15-12(9-18-8-11-2-1-7-19-11)14-5-3-10(4-6-14)13(16)17/h10-11H,1-9H2,(H,16,17). The van der Waals surface area contributed by atoms with Crippen molar-refractivity contribution in [2.45, 2.75) is 31.8 Å². The molecule has 0 aromatic heterocycles. The predicted octanol–water partition coefficient (Wildman–Crippen LogP) is 0.505. The average molecular weight is 271 g/mol. The fourth-order valence-corrected chi connectivity index (χ4v) is 2.52. The normalized spacial score (nSPS) is 24.6. The molecule has 108 valence electrons. The summed E-state index contributed by atoms with van der Waals surface area (Å²) < 4.78 is 10.8. The lowest BCUT2D eigenvalue weighted by atomic mass is 9.97. The Balaban J connectivity index is 1.62. The minimum absolute atomic E-state index is 0.0539. The fraction of sp³-hybridized carbons (Fsp3) is 0.846. The molecular weight excluding hydrogens is 250 g/mol. The molecule has 2 heterocycles. The Hall–Kier alpha value is -1.14. The topological polar surface area (TPSA) is 76.1 Å². The van der Waals surface area contributed by atoms with E-state index in [1.54, 1.807) is 4.90 Å². The average Bonchev–Trinajstić information content (AvgIpc) is 2.92. The zero-order valence-corrected chi connectivity index (χ0v) is 11.0. The summed E-state index contributed by atoms with van der Waals surface area (Å²) in [5, 5.41) is 8.88. The molecule has 2 aliphatic heterocycles. The predicted molar refractivity (Wildman–Crippen MR) is 66.7 cm³/mol. The van der Waals surface area contributed by atoms with Crippen LogP contribution in [0.3, 0.4) is 0 Å². The van der Waals surface area contributed by atoms with E-state index in [9.17, 15) is 9.59 Å². The summed E-state index contributed by atoms with van der Waals surface area (Å²) in [4.78, 5) is 24.4. The van der Waals surface area contributed by atoms with Gasteiger partial charge in [-0.3, -0.25) is 9.59 Å². The highest BCUT2D eigenvalue weighted by Crippen LogP contribution is 2.17. The molecule has 1 amide bonds. The summed E-state index contributed by atoms with van der Waals surface area (Å²) in [7, 11) is 0. The van der Waals surface area contributed by atoms with Crippen molar-refractivity contribution in [3.8, 4) is 0 Å². The number of hydrogen-bond acceptors (Lipinski definition) is 4. The van der Waals surface area contributed by atoms with Gasteiger partial charge in [0.2, 0.25) is 5.91 Å². The van der Waals surface area contributed by atoms with Crippen LogP contribution < -0.4 is 0 Å². The quantitative estimate of drug-likeness (QED) is 0.788. The first kappa shape index (κ1) is 14.3. The largest absolute Gasteiger partial charge is 0.481 e. The van der Waals surface area contributed by atoms with E-state index in [1.165, 1.54) is 0 Å². The molecule has 2 fully saturated rings. The van der Waals surface area contributed by atoms with E-state index >= 15 is 0 Å². The zero-order chi connectivity index (χ0) is 13.7. The number of ether oxygens (including phenoxy) is 2. The minimum Gasteiger partial charge on any atom is -0.481 e. The minimum atomic E-state index is -0.762. The third kappa shape index (κ3) is 4.18.